The van der Waals surface area contributed by atoms with Crippen molar-refractivity contribution in [2.24, 2.45) is 17.8 Å². The molecule has 4 aliphatic rings. The van der Waals surface area contributed by atoms with Gasteiger partial charge in [0.25, 0.3) is 0 Å². The Morgan fingerprint density at radius 2 is 2.00 bits per heavy atom. The first-order chi connectivity index (χ1) is 19.4. The van der Waals surface area contributed by atoms with Crippen molar-refractivity contribution in [3.63, 3.8) is 0 Å². The Labute approximate surface area is 231 Å². The summed E-state index contributed by atoms with van der Waals surface area (Å²) in [5.74, 6) is -1.94. The third kappa shape index (κ3) is 5.82. The van der Waals surface area contributed by atoms with Gasteiger partial charge in [0.15, 0.2) is 11.6 Å². The zero-order valence-electron chi connectivity index (χ0n) is 22.2. The van der Waals surface area contributed by atoms with Crippen LogP contribution in [0.25, 0.3) is 0 Å². The highest BCUT2D eigenvalue weighted by Crippen LogP contribution is 2.42. The highest BCUT2D eigenvalue weighted by Gasteiger charge is 2.51. The van der Waals surface area contributed by atoms with E-state index in [0.717, 1.165) is 25.7 Å². The van der Waals surface area contributed by atoms with Crippen LogP contribution in [-0.2, 0) is 23.9 Å². The van der Waals surface area contributed by atoms with Gasteiger partial charge in [-0.15, -0.1) is 0 Å². The molecule has 3 unspecified atom stereocenters. The SMILES string of the molecule is N#CC1CC(C(=O)Nc2ncccc2O)CN1C(=O)[C@@H]1[C@H]2CCCC[C@H]2CN1C(=O)CNC(=O)OC1CCOC1. The lowest BCUT2D eigenvalue weighted by Crippen LogP contribution is -2.53. The van der Waals surface area contributed by atoms with E-state index in [-0.39, 0.29) is 60.8 Å². The topological polar surface area (TPSA) is 174 Å². The largest absolute Gasteiger partial charge is 0.504 e. The maximum Gasteiger partial charge on any atom is 0.407 e. The molecule has 1 aliphatic carbocycles. The zero-order valence-corrected chi connectivity index (χ0v) is 22.2. The van der Waals surface area contributed by atoms with Crippen molar-refractivity contribution >= 4 is 29.6 Å². The van der Waals surface area contributed by atoms with Crippen LogP contribution in [0.2, 0.25) is 0 Å². The molecule has 1 aromatic heterocycles. The predicted octanol–water partition coefficient (Wildman–Crippen LogP) is 0.999. The van der Waals surface area contributed by atoms with Gasteiger partial charge in [-0.05, 0) is 43.2 Å². The molecule has 4 amide bonds. The van der Waals surface area contributed by atoms with Crippen molar-refractivity contribution in [2.45, 2.75) is 56.7 Å². The number of rotatable bonds is 6. The number of likely N-dealkylation sites (tertiary alicyclic amines) is 2. The molecule has 5 rings (SSSR count). The number of alkyl carbamates (subject to hydrolysis) is 1. The fourth-order valence-corrected chi connectivity index (χ4v) is 6.37. The summed E-state index contributed by atoms with van der Waals surface area (Å²) >= 11 is 0. The molecule has 40 heavy (non-hydrogen) atoms. The van der Waals surface area contributed by atoms with Crippen LogP contribution >= 0.6 is 0 Å². The lowest BCUT2D eigenvalue weighted by Gasteiger charge is -2.33. The van der Waals surface area contributed by atoms with Crippen LogP contribution in [0, 0.1) is 29.1 Å². The minimum Gasteiger partial charge on any atom is -0.504 e. The van der Waals surface area contributed by atoms with E-state index in [0.29, 0.717) is 26.2 Å². The average molecular weight is 555 g/mol. The number of hydrogen-bond acceptors (Lipinski definition) is 9. The first kappa shape index (κ1) is 27.6. The van der Waals surface area contributed by atoms with Gasteiger partial charge in [0, 0.05) is 25.7 Å². The van der Waals surface area contributed by atoms with Gasteiger partial charge in [-0.25, -0.2) is 9.78 Å². The molecule has 3 N–H and O–H groups in total. The fraction of sp³-hybridized carbons (Fsp3) is 0.630. The van der Waals surface area contributed by atoms with Crippen LogP contribution in [0.15, 0.2) is 18.3 Å². The Balaban J connectivity index is 1.26. The van der Waals surface area contributed by atoms with Crippen molar-refractivity contribution in [1.29, 1.82) is 5.26 Å². The molecule has 0 radical (unpaired) electrons. The van der Waals surface area contributed by atoms with Crippen molar-refractivity contribution in [1.82, 2.24) is 20.1 Å². The van der Waals surface area contributed by atoms with E-state index in [2.05, 4.69) is 21.7 Å². The number of amides is 4. The number of nitrogens with one attached hydrogen (secondary N) is 2. The van der Waals surface area contributed by atoms with Crippen molar-refractivity contribution < 1.29 is 33.8 Å². The molecule has 0 spiro atoms. The molecule has 3 saturated heterocycles. The molecule has 0 aromatic carbocycles. The first-order valence-electron chi connectivity index (χ1n) is 13.8. The van der Waals surface area contributed by atoms with Crippen LogP contribution in [0.4, 0.5) is 10.6 Å². The molecule has 214 valence electrons. The lowest BCUT2D eigenvalue weighted by atomic mass is 9.78. The Bertz CT molecular complexity index is 1180. The summed E-state index contributed by atoms with van der Waals surface area (Å²) in [6.07, 6.45) is 4.77. The van der Waals surface area contributed by atoms with E-state index in [1.165, 1.54) is 28.1 Å². The summed E-state index contributed by atoms with van der Waals surface area (Å²) in [5, 5.41) is 24.9. The number of ether oxygens (including phenoxy) is 2. The molecule has 4 fully saturated rings. The quantitative estimate of drug-likeness (QED) is 0.463. The molecule has 13 nitrogen and oxygen atoms in total. The van der Waals surface area contributed by atoms with Crippen LogP contribution in [0.3, 0.4) is 0 Å². The standard InChI is InChI=1S/C27H34N6O7/c28-11-18-10-17(25(36)31-24-21(34)6-3-8-29-24)14-32(18)26(37)23-20-5-2-1-4-16(20)13-33(23)22(35)12-30-27(38)40-19-7-9-39-15-19/h3,6,8,16-20,23,34H,1-2,4-5,7,9-10,12-15H2,(H,30,38)(H,29,31,36)/t16-,17?,18?,19?,20-,23-/m0/s1. The van der Waals surface area contributed by atoms with E-state index < -0.39 is 30.0 Å². The van der Waals surface area contributed by atoms with Crippen LogP contribution in [0.1, 0.15) is 38.5 Å². The minimum absolute atomic E-state index is 0.00915. The maximum atomic E-state index is 14.0. The number of hydrogen-bond donors (Lipinski definition) is 3. The number of anilines is 1. The van der Waals surface area contributed by atoms with Gasteiger partial charge in [-0.1, -0.05) is 12.8 Å². The van der Waals surface area contributed by atoms with E-state index in [1.54, 1.807) is 0 Å². The second kappa shape index (κ2) is 12.1. The Morgan fingerprint density at radius 3 is 2.75 bits per heavy atom. The van der Waals surface area contributed by atoms with Gasteiger partial charge in [0.2, 0.25) is 17.7 Å². The van der Waals surface area contributed by atoms with Crippen LogP contribution in [-0.4, -0.2) is 94.7 Å². The van der Waals surface area contributed by atoms with Gasteiger partial charge in [-0.3, -0.25) is 14.4 Å². The second-order valence-electron chi connectivity index (χ2n) is 10.9. The number of pyridine rings is 1. The van der Waals surface area contributed by atoms with Gasteiger partial charge in [-0.2, -0.15) is 5.26 Å². The van der Waals surface area contributed by atoms with Gasteiger partial charge in [0.1, 0.15) is 24.7 Å². The minimum atomic E-state index is -0.832. The van der Waals surface area contributed by atoms with Crippen molar-refractivity contribution in [3.05, 3.63) is 18.3 Å². The Morgan fingerprint density at radius 1 is 1.18 bits per heavy atom. The van der Waals surface area contributed by atoms with E-state index in [1.807, 2.05) is 0 Å². The highest BCUT2D eigenvalue weighted by molar-refractivity contribution is 5.95. The normalized spacial score (nSPS) is 29.4. The second-order valence-corrected chi connectivity index (χ2v) is 10.9. The number of nitrogens with zero attached hydrogens (tertiary/aromatic N) is 4. The first-order valence-corrected chi connectivity index (χ1v) is 13.8. The molecule has 1 saturated carbocycles. The third-order valence-corrected chi connectivity index (χ3v) is 8.39. The van der Waals surface area contributed by atoms with E-state index >= 15 is 0 Å². The number of nitriles is 1. The summed E-state index contributed by atoms with van der Waals surface area (Å²) < 4.78 is 10.5. The van der Waals surface area contributed by atoms with Crippen LogP contribution < -0.4 is 10.6 Å². The summed E-state index contributed by atoms with van der Waals surface area (Å²) in [7, 11) is 0. The maximum absolute atomic E-state index is 14.0. The lowest BCUT2D eigenvalue weighted by molar-refractivity contribution is -0.144. The van der Waals surface area contributed by atoms with Gasteiger partial charge >= 0.3 is 6.09 Å². The average Bonchev–Trinajstić information content (AvgIpc) is 3.71. The molecule has 0 bridgehead atoms. The number of fused-ring (bicyclic) bond motifs is 1. The zero-order chi connectivity index (χ0) is 28.2. The summed E-state index contributed by atoms with van der Waals surface area (Å²) in [4.78, 5) is 59.4. The third-order valence-electron chi connectivity index (χ3n) is 8.39. The molecule has 1 aromatic rings. The molecular formula is C27H34N6O7. The Kier molecular flexibility index (Phi) is 8.35. The molecule has 13 heteroatoms. The highest BCUT2D eigenvalue weighted by atomic mass is 16.6. The summed E-state index contributed by atoms with van der Waals surface area (Å²) in [6.45, 7) is 0.953. The van der Waals surface area contributed by atoms with Gasteiger partial charge in [0.05, 0.1) is 25.2 Å². The monoisotopic (exact) mass is 554 g/mol. The smallest absolute Gasteiger partial charge is 0.407 e. The Hall–Kier alpha value is -3.92. The predicted molar refractivity (Wildman–Crippen MR) is 138 cm³/mol. The molecule has 6 atom stereocenters. The number of carbonyl (C=O) groups is 4. The summed E-state index contributed by atoms with van der Waals surface area (Å²) in [6, 6.07) is 3.47. The number of carbonyl (C=O) groups excluding carboxylic acids is 4. The van der Waals surface area contributed by atoms with Crippen molar-refractivity contribution in [2.75, 3.05) is 38.2 Å². The molecule has 3 aliphatic heterocycles. The van der Waals surface area contributed by atoms with Gasteiger partial charge < -0.3 is 35.0 Å². The number of aromatic hydroxyl groups is 1. The van der Waals surface area contributed by atoms with Crippen LogP contribution in [0.5, 0.6) is 5.75 Å². The summed E-state index contributed by atoms with van der Waals surface area (Å²) in [5.41, 5.74) is 0. The van der Waals surface area contributed by atoms with E-state index in [4.69, 9.17) is 9.47 Å². The van der Waals surface area contributed by atoms with Crippen molar-refractivity contribution in [3.8, 4) is 11.8 Å². The molecular weight excluding hydrogens is 520 g/mol. The fourth-order valence-electron chi connectivity index (χ4n) is 6.37. The number of aromatic nitrogens is 1. The van der Waals surface area contributed by atoms with E-state index in [9.17, 15) is 29.5 Å². The molecule has 4 heterocycles.